The molecule has 0 unspecified atom stereocenters. The van der Waals surface area contributed by atoms with Gasteiger partial charge in [0.05, 0.1) is 19.6 Å². The monoisotopic (exact) mass is 300 g/mol. The molecule has 0 amide bonds. The van der Waals surface area contributed by atoms with Crippen LogP contribution in [0, 0.1) is 0 Å². The first kappa shape index (κ1) is 15.9. The summed E-state index contributed by atoms with van der Waals surface area (Å²) in [5, 5.41) is 4.61. The molecule has 0 heterocycles. The van der Waals surface area contributed by atoms with Crippen molar-refractivity contribution in [1.29, 1.82) is 0 Å². The summed E-state index contributed by atoms with van der Waals surface area (Å²) in [6.45, 7) is 2.60. The number of nitrogens with one attached hydrogen (secondary N) is 1. The number of carbonyl (C=O) groups excluding carboxylic acids is 1. The number of halogens is 1. The maximum atomic E-state index is 11.2. The van der Waals surface area contributed by atoms with Crippen molar-refractivity contribution in [1.82, 2.24) is 0 Å². The fourth-order valence-corrected chi connectivity index (χ4v) is 1.86. The second-order valence-corrected chi connectivity index (χ2v) is 4.81. The van der Waals surface area contributed by atoms with Crippen molar-refractivity contribution < 1.29 is 9.53 Å². The number of esters is 1. The molecule has 0 fully saturated rings. The first-order valence-electron chi connectivity index (χ1n) is 5.92. The Hall–Kier alpha value is -1.20. The molecule has 0 aliphatic heterocycles. The van der Waals surface area contributed by atoms with Crippen molar-refractivity contribution in [3.05, 3.63) is 29.3 Å². The van der Waals surface area contributed by atoms with Crippen LogP contribution in [0.3, 0.4) is 0 Å². The summed E-state index contributed by atoms with van der Waals surface area (Å²) in [6, 6.07) is 7.36. The number of hydrogen-bond acceptors (Lipinski definition) is 4. The molecular formula is C13H17ClN2O2S. The van der Waals surface area contributed by atoms with Gasteiger partial charge in [0.25, 0.3) is 0 Å². The van der Waals surface area contributed by atoms with Crippen LogP contribution >= 0.6 is 23.4 Å². The third-order valence-corrected chi connectivity index (χ3v) is 3.04. The van der Waals surface area contributed by atoms with Gasteiger partial charge in [0, 0.05) is 10.7 Å². The van der Waals surface area contributed by atoms with E-state index in [9.17, 15) is 4.79 Å². The topological polar surface area (TPSA) is 50.7 Å². The number of anilines is 1. The third kappa shape index (κ3) is 6.50. The highest BCUT2D eigenvalue weighted by molar-refractivity contribution is 8.13. The molecule has 0 atom stereocenters. The Morgan fingerprint density at radius 3 is 2.68 bits per heavy atom. The van der Waals surface area contributed by atoms with E-state index in [-0.39, 0.29) is 5.97 Å². The quantitative estimate of drug-likeness (QED) is 0.514. The molecule has 0 saturated carbocycles. The smallest absolute Gasteiger partial charge is 0.307 e. The average Bonchev–Trinajstić information content (AvgIpc) is 2.40. The first-order valence-corrected chi connectivity index (χ1v) is 7.52. The minimum Gasteiger partial charge on any atom is -0.466 e. The lowest BCUT2D eigenvalue weighted by Gasteiger charge is -2.07. The Bertz CT molecular complexity index is 435. The molecule has 1 N–H and O–H groups in total. The van der Waals surface area contributed by atoms with Crippen LogP contribution in [0.15, 0.2) is 29.3 Å². The Morgan fingerprint density at radius 2 is 2.11 bits per heavy atom. The van der Waals surface area contributed by atoms with Gasteiger partial charge in [0.2, 0.25) is 0 Å². The lowest BCUT2D eigenvalue weighted by atomic mass is 10.3. The standard InChI is InChI=1S/C13H17ClN2O2S/c1-3-18-12(17)8-9-15-13(19-2)16-11-6-4-10(14)5-7-11/h4-7H,3,8-9H2,1-2H3,(H,15,16). The van der Waals surface area contributed by atoms with Crippen LogP contribution in [0.25, 0.3) is 0 Å². The van der Waals surface area contributed by atoms with E-state index in [0.29, 0.717) is 24.6 Å². The fourth-order valence-electron chi connectivity index (χ4n) is 1.29. The molecule has 4 nitrogen and oxygen atoms in total. The normalized spacial score (nSPS) is 11.2. The van der Waals surface area contributed by atoms with Gasteiger partial charge >= 0.3 is 5.97 Å². The van der Waals surface area contributed by atoms with Gasteiger partial charge in [-0.1, -0.05) is 23.4 Å². The molecular weight excluding hydrogens is 284 g/mol. The molecule has 6 heteroatoms. The van der Waals surface area contributed by atoms with Gasteiger partial charge in [-0.3, -0.25) is 9.79 Å². The van der Waals surface area contributed by atoms with Crippen LogP contribution < -0.4 is 5.32 Å². The summed E-state index contributed by atoms with van der Waals surface area (Å²) in [4.78, 5) is 15.5. The number of ether oxygens (including phenoxy) is 1. The first-order chi connectivity index (χ1) is 9.15. The molecule has 19 heavy (non-hydrogen) atoms. The molecule has 0 aliphatic carbocycles. The molecule has 0 spiro atoms. The van der Waals surface area contributed by atoms with E-state index in [2.05, 4.69) is 10.3 Å². The van der Waals surface area contributed by atoms with E-state index < -0.39 is 0 Å². The molecule has 0 aliphatic rings. The number of hydrogen-bond donors (Lipinski definition) is 1. The Balaban J connectivity index is 2.48. The van der Waals surface area contributed by atoms with Gasteiger partial charge < -0.3 is 10.1 Å². The van der Waals surface area contributed by atoms with Crippen LogP contribution in [-0.4, -0.2) is 30.5 Å². The van der Waals surface area contributed by atoms with Crippen molar-refractivity contribution >= 4 is 40.2 Å². The zero-order chi connectivity index (χ0) is 14.1. The molecule has 0 aromatic heterocycles. The number of aliphatic imine (C=N–C) groups is 1. The van der Waals surface area contributed by atoms with Crippen LogP contribution in [0.4, 0.5) is 5.69 Å². The molecule has 1 rings (SSSR count). The van der Waals surface area contributed by atoms with Gasteiger partial charge in [0.1, 0.15) is 0 Å². The highest BCUT2D eigenvalue weighted by atomic mass is 35.5. The molecule has 1 aromatic rings. The van der Waals surface area contributed by atoms with E-state index >= 15 is 0 Å². The zero-order valence-electron chi connectivity index (χ0n) is 11.0. The number of rotatable bonds is 5. The predicted molar refractivity (Wildman–Crippen MR) is 82.1 cm³/mol. The number of benzene rings is 1. The number of nitrogens with zero attached hydrogens (tertiary/aromatic N) is 1. The molecule has 1 aromatic carbocycles. The highest BCUT2D eigenvalue weighted by Gasteiger charge is 2.02. The van der Waals surface area contributed by atoms with Crippen LogP contribution in [0.1, 0.15) is 13.3 Å². The summed E-state index contributed by atoms with van der Waals surface area (Å²) in [7, 11) is 0. The summed E-state index contributed by atoms with van der Waals surface area (Å²) >= 11 is 7.30. The Labute approximate surface area is 122 Å². The summed E-state index contributed by atoms with van der Waals surface area (Å²) in [6.07, 6.45) is 2.21. The second kappa shape index (κ2) is 8.82. The van der Waals surface area contributed by atoms with E-state index in [1.165, 1.54) is 11.8 Å². The van der Waals surface area contributed by atoms with E-state index in [4.69, 9.17) is 16.3 Å². The van der Waals surface area contributed by atoms with E-state index in [1.807, 2.05) is 18.4 Å². The number of thioether (sulfide) groups is 1. The van der Waals surface area contributed by atoms with Crippen molar-refractivity contribution in [3.8, 4) is 0 Å². The fraction of sp³-hybridized carbons (Fsp3) is 0.385. The molecule has 0 saturated heterocycles. The van der Waals surface area contributed by atoms with E-state index in [1.54, 1.807) is 19.1 Å². The summed E-state index contributed by atoms with van der Waals surface area (Å²) in [5.41, 5.74) is 0.911. The molecule has 104 valence electrons. The van der Waals surface area contributed by atoms with Crippen LogP contribution in [0.2, 0.25) is 5.02 Å². The maximum Gasteiger partial charge on any atom is 0.307 e. The maximum absolute atomic E-state index is 11.2. The summed E-state index contributed by atoms with van der Waals surface area (Å²) in [5.74, 6) is -0.224. The van der Waals surface area contributed by atoms with Crippen LogP contribution in [-0.2, 0) is 9.53 Å². The van der Waals surface area contributed by atoms with Crippen LogP contribution in [0.5, 0.6) is 0 Å². The van der Waals surface area contributed by atoms with Crippen molar-refractivity contribution in [3.63, 3.8) is 0 Å². The summed E-state index contributed by atoms with van der Waals surface area (Å²) < 4.78 is 4.84. The SMILES string of the molecule is CCOC(=O)CCN=C(Nc1ccc(Cl)cc1)SC. The molecule has 0 bridgehead atoms. The van der Waals surface area contributed by atoms with Crippen molar-refractivity contribution in [2.75, 3.05) is 24.7 Å². The van der Waals surface area contributed by atoms with Crippen molar-refractivity contribution in [2.45, 2.75) is 13.3 Å². The van der Waals surface area contributed by atoms with E-state index in [0.717, 1.165) is 10.9 Å². The minimum absolute atomic E-state index is 0.224. The third-order valence-electron chi connectivity index (χ3n) is 2.17. The zero-order valence-corrected chi connectivity index (χ0v) is 12.6. The average molecular weight is 301 g/mol. The van der Waals surface area contributed by atoms with Gasteiger partial charge in [-0.15, -0.1) is 0 Å². The van der Waals surface area contributed by atoms with Gasteiger partial charge in [-0.2, -0.15) is 0 Å². The lowest BCUT2D eigenvalue weighted by molar-refractivity contribution is -0.142. The van der Waals surface area contributed by atoms with Gasteiger partial charge in [-0.05, 0) is 37.4 Å². The minimum atomic E-state index is -0.224. The number of carbonyl (C=O) groups is 1. The van der Waals surface area contributed by atoms with Gasteiger partial charge in [-0.25, -0.2) is 0 Å². The number of amidine groups is 1. The molecule has 0 radical (unpaired) electrons. The Morgan fingerprint density at radius 1 is 1.42 bits per heavy atom. The van der Waals surface area contributed by atoms with Gasteiger partial charge in [0.15, 0.2) is 5.17 Å². The second-order valence-electron chi connectivity index (χ2n) is 3.58. The highest BCUT2D eigenvalue weighted by Crippen LogP contribution is 2.15. The largest absolute Gasteiger partial charge is 0.466 e. The Kier molecular flexibility index (Phi) is 7.36. The van der Waals surface area contributed by atoms with Crippen molar-refractivity contribution in [2.24, 2.45) is 4.99 Å². The lowest BCUT2D eigenvalue weighted by Crippen LogP contribution is -2.10. The predicted octanol–water partition coefficient (Wildman–Crippen LogP) is 3.42.